The normalized spacial score (nSPS) is 12.4. The van der Waals surface area contributed by atoms with Gasteiger partial charge in [0, 0.05) is 12.5 Å². The van der Waals surface area contributed by atoms with Crippen LogP contribution in [-0.4, -0.2) is 18.1 Å². The fraction of sp³-hybridized carbons (Fsp3) is 0.500. The summed E-state index contributed by atoms with van der Waals surface area (Å²) in [5.74, 6) is -0.722. The number of hydrogen-bond acceptors (Lipinski definition) is 2. The zero-order chi connectivity index (χ0) is 12.8. The lowest BCUT2D eigenvalue weighted by Gasteiger charge is -2.19. The summed E-state index contributed by atoms with van der Waals surface area (Å²) in [5.41, 5.74) is 3.79. The van der Waals surface area contributed by atoms with Crippen LogP contribution in [0.3, 0.4) is 0 Å². The number of benzene rings is 1. The number of carboxylic acid groups (broad SMARTS) is 1. The first-order valence-electron chi connectivity index (χ1n) is 6.00. The van der Waals surface area contributed by atoms with Crippen molar-refractivity contribution in [2.75, 3.05) is 7.05 Å². The van der Waals surface area contributed by atoms with Gasteiger partial charge in [0.15, 0.2) is 0 Å². The highest BCUT2D eigenvalue weighted by molar-refractivity contribution is 5.66. The van der Waals surface area contributed by atoms with E-state index in [2.05, 4.69) is 37.4 Å². The van der Waals surface area contributed by atoms with Crippen LogP contribution in [0.4, 0.5) is 0 Å². The van der Waals surface area contributed by atoms with Crippen molar-refractivity contribution in [3.05, 3.63) is 34.9 Å². The number of carbonyl (C=O) groups is 1. The molecule has 1 atom stereocenters. The molecular formula is C14H21NO2. The summed E-state index contributed by atoms with van der Waals surface area (Å²) >= 11 is 0. The Hall–Kier alpha value is -1.35. The van der Waals surface area contributed by atoms with Gasteiger partial charge in [-0.1, -0.05) is 23.8 Å². The maximum absolute atomic E-state index is 10.5. The topological polar surface area (TPSA) is 49.3 Å². The van der Waals surface area contributed by atoms with Crippen molar-refractivity contribution in [3.63, 3.8) is 0 Å². The number of rotatable bonds is 6. The van der Waals surface area contributed by atoms with Crippen LogP contribution in [0, 0.1) is 13.8 Å². The van der Waals surface area contributed by atoms with Gasteiger partial charge in [-0.15, -0.1) is 0 Å². The highest BCUT2D eigenvalue weighted by atomic mass is 16.4. The summed E-state index contributed by atoms with van der Waals surface area (Å²) in [5, 5.41) is 11.9. The first-order chi connectivity index (χ1) is 8.04. The smallest absolute Gasteiger partial charge is 0.303 e. The van der Waals surface area contributed by atoms with Gasteiger partial charge in [-0.25, -0.2) is 0 Å². The van der Waals surface area contributed by atoms with Crippen molar-refractivity contribution in [2.45, 2.75) is 39.2 Å². The van der Waals surface area contributed by atoms with Crippen LogP contribution in [0.1, 0.15) is 42.0 Å². The van der Waals surface area contributed by atoms with Gasteiger partial charge in [0.1, 0.15) is 0 Å². The molecule has 1 aromatic rings. The molecule has 0 aliphatic heterocycles. The lowest BCUT2D eigenvalue weighted by atomic mass is 9.95. The van der Waals surface area contributed by atoms with E-state index in [1.54, 1.807) is 0 Å². The Kier molecular flexibility index (Phi) is 5.16. The number of hydrogen-bond donors (Lipinski definition) is 2. The minimum Gasteiger partial charge on any atom is -0.481 e. The van der Waals surface area contributed by atoms with Gasteiger partial charge in [0.25, 0.3) is 0 Å². The van der Waals surface area contributed by atoms with Crippen molar-refractivity contribution in [1.29, 1.82) is 0 Å². The summed E-state index contributed by atoms with van der Waals surface area (Å²) < 4.78 is 0. The molecule has 0 spiro atoms. The second-order valence-electron chi connectivity index (χ2n) is 4.49. The van der Waals surface area contributed by atoms with E-state index in [0.717, 1.165) is 6.42 Å². The van der Waals surface area contributed by atoms with Gasteiger partial charge in [0.05, 0.1) is 0 Å². The Labute approximate surface area is 103 Å². The molecule has 1 aromatic carbocycles. The molecule has 0 aliphatic rings. The molecule has 0 aromatic heterocycles. The van der Waals surface area contributed by atoms with Gasteiger partial charge in [-0.3, -0.25) is 4.79 Å². The Morgan fingerprint density at radius 1 is 1.41 bits per heavy atom. The molecule has 0 heterocycles. The van der Waals surface area contributed by atoms with Crippen molar-refractivity contribution >= 4 is 5.97 Å². The second-order valence-corrected chi connectivity index (χ2v) is 4.49. The van der Waals surface area contributed by atoms with E-state index in [0.29, 0.717) is 6.42 Å². The third-order valence-electron chi connectivity index (χ3n) is 3.03. The quantitative estimate of drug-likeness (QED) is 0.797. The monoisotopic (exact) mass is 235 g/mol. The van der Waals surface area contributed by atoms with Gasteiger partial charge in [0.2, 0.25) is 0 Å². The van der Waals surface area contributed by atoms with E-state index in [4.69, 9.17) is 5.11 Å². The van der Waals surface area contributed by atoms with Crippen molar-refractivity contribution in [2.24, 2.45) is 0 Å². The molecule has 3 heteroatoms. The number of aryl methyl sites for hydroxylation is 2. The standard InChI is InChI=1S/C14H21NO2/c1-10-7-8-12(11(2)9-10)13(15-3)5-4-6-14(16)17/h7-9,13,15H,4-6H2,1-3H3,(H,16,17). The molecule has 0 radical (unpaired) electrons. The minimum atomic E-state index is -0.722. The van der Waals surface area contributed by atoms with Crippen LogP contribution >= 0.6 is 0 Å². The first kappa shape index (κ1) is 13.7. The fourth-order valence-corrected chi connectivity index (χ4v) is 2.13. The Morgan fingerprint density at radius 3 is 2.65 bits per heavy atom. The van der Waals surface area contributed by atoms with E-state index in [1.165, 1.54) is 16.7 Å². The zero-order valence-electron chi connectivity index (χ0n) is 10.8. The number of aliphatic carboxylic acids is 1. The zero-order valence-corrected chi connectivity index (χ0v) is 10.8. The Morgan fingerprint density at radius 2 is 2.12 bits per heavy atom. The second kappa shape index (κ2) is 6.40. The van der Waals surface area contributed by atoms with Gasteiger partial charge in [-0.05, 0) is 44.9 Å². The SMILES string of the molecule is CNC(CCCC(=O)O)c1ccc(C)cc1C. The predicted octanol–water partition coefficient (Wildman–Crippen LogP) is 2.82. The summed E-state index contributed by atoms with van der Waals surface area (Å²) in [4.78, 5) is 10.5. The first-order valence-corrected chi connectivity index (χ1v) is 6.00. The van der Waals surface area contributed by atoms with Crippen molar-refractivity contribution in [3.8, 4) is 0 Å². The van der Waals surface area contributed by atoms with Gasteiger partial charge in [-0.2, -0.15) is 0 Å². The van der Waals surface area contributed by atoms with E-state index < -0.39 is 5.97 Å². The molecule has 0 fully saturated rings. The van der Waals surface area contributed by atoms with Crippen LogP contribution in [0.5, 0.6) is 0 Å². The molecule has 3 nitrogen and oxygen atoms in total. The third-order valence-corrected chi connectivity index (χ3v) is 3.03. The average Bonchev–Trinajstić information content (AvgIpc) is 2.25. The Balaban J connectivity index is 2.69. The van der Waals surface area contributed by atoms with Crippen LogP contribution in [0.25, 0.3) is 0 Å². The summed E-state index contributed by atoms with van der Waals surface area (Å²) in [6.07, 6.45) is 1.80. The lowest BCUT2D eigenvalue weighted by Crippen LogP contribution is -2.17. The number of carboxylic acids is 1. The third kappa shape index (κ3) is 4.19. The van der Waals surface area contributed by atoms with Crippen LogP contribution in [0.15, 0.2) is 18.2 Å². The molecule has 2 N–H and O–H groups in total. The van der Waals surface area contributed by atoms with Crippen molar-refractivity contribution < 1.29 is 9.90 Å². The molecule has 0 saturated carbocycles. The molecule has 0 amide bonds. The summed E-state index contributed by atoms with van der Waals surface area (Å²) in [7, 11) is 1.92. The maximum atomic E-state index is 10.5. The molecule has 0 bridgehead atoms. The number of nitrogens with one attached hydrogen (secondary N) is 1. The van der Waals surface area contributed by atoms with Gasteiger partial charge >= 0.3 is 5.97 Å². The van der Waals surface area contributed by atoms with Crippen LogP contribution in [-0.2, 0) is 4.79 Å². The van der Waals surface area contributed by atoms with Crippen molar-refractivity contribution in [1.82, 2.24) is 5.32 Å². The minimum absolute atomic E-state index is 0.239. The molecular weight excluding hydrogens is 214 g/mol. The van der Waals surface area contributed by atoms with Gasteiger partial charge < -0.3 is 10.4 Å². The van der Waals surface area contributed by atoms with E-state index in [9.17, 15) is 4.79 Å². The Bertz CT molecular complexity index is 388. The largest absolute Gasteiger partial charge is 0.481 e. The molecule has 0 saturated heterocycles. The fourth-order valence-electron chi connectivity index (χ4n) is 2.13. The van der Waals surface area contributed by atoms with E-state index in [1.807, 2.05) is 7.05 Å². The predicted molar refractivity (Wildman–Crippen MR) is 69.2 cm³/mol. The van der Waals surface area contributed by atoms with Crippen LogP contribution < -0.4 is 5.32 Å². The summed E-state index contributed by atoms with van der Waals surface area (Å²) in [6.45, 7) is 4.18. The lowest BCUT2D eigenvalue weighted by molar-refractivity contribution is -0.137. The van der Waals surface area contributed by atoms with Crippen LogP contribution in [0.2, 0.25) is 0 Å². The average molecular weight is 235 g/mol. The van der Waals surface area contributed by atoms with E-state index in [-0.39, 0.29) is 12.5 Å². The molecule has 94 valence electrons. The molecule has 1 rings (SSSR count). The summed E-state index contributed by atoms with van der Waals surface area (Å²) in [6, 6.07) is 6.64. The highest BCUT2D eigenvalue weighted by Crippen LogP contribution is 2.23. The molecule has 1 unspecified atom stereocenters. The molecule has 17 heavy (non-hydrogen) atoms. The maximum Gasteiger partial charge on any atom is 0.303 e. The molecule has 0 aliphatic carbocycles. The highest BCUT2D eigenvalue weighted by Gasteiger charge is 2.12. The van der Waals surface area contributed by atoms with E-state index >= 15 is 0 Å².